The van der Waals surface area contributed by atoms with Gasteiger partial charge < -0.3 is 10.6 Å². The molecule has 0 radical (unpaired) electrons. The van der Waals surface area contributed by atoms with Gasteiger partial charge in [0.2, 0.25) is 5.91 Å². The van der Waals surface area contributed by atoms with Gasteiger partial charge in [-0.1, -0.05) is 30.9 Å². The van der Waals surface area contributed by atoms with Crippen molar-refractivity contribution in [2.24, 2.45) is 11.1 Å². The Kier molecular flexibility index (Phi) is 6.15. The summed E-state index contributed by atoms with van der Waals surface area (Å²) in [6.45, 7) is 2.58. The van der Waals surface area contributed by atoms with Gasteiger partial charge in [-0.25, -0.2) is 13.9 Å². The van der Waals surface area contributed by atoms with Crippen LogP contribution in [0.25, 0.3) is 5.65 Å². The molecular weight excluding hydrogens is 433 g/mol. The molecule has 2 amide bonds. The molecule has 1 spiro atoms. The Labute approximate surface area is 190 Å². The van der Waals surface area contributed by atoms with E-state index in [2.05, 4.69) is 10.1 Å². The number of amides is 2. The molecule has 7 nitrogen and oxygen atoms in total. The predicted molar refractivity (Wildman–Crippen MR) is 120 cm³/mol. The van der Waals surface area contributed by atoms with Crippen molar-refractivity contribution in [3.8, 4) is 0 Å². The van der Waals surface area contributed by atoms with Crippen molar-refractivity contribution in [3.63, 3.8) is 0 Å². The lowest BCUT2D eigenvalue weighted by Crippen LogP contribution is -2.36. The lowest BCUT2D eigenvalue weighted by Gasteiger charge is -2.31. The van der Waals surface area contributed by atoms with Gasteiger partial charge in [0.15, 0.2) is 5.65 Å². The number of fused-ring (bicyclic) bond motifs is 1. The first-order valence-electron chi connectivity index (χ1n) is 10.7. The van der Waals surface area contributed by atoms with Crippen LogP contribution in [0, 0.1) is 18.2 Å². The van der Waals surface area contributed by atoms with Gasteiger partial charge in [0, 0.05) is 18.4 Å². The van der Waals surface area contributed by atoms with Crippen LogP contribution in [0.2, 0.25) is 5.02 Å². The van der Waals surface area contributed by atoms with Gasteiger partial charge in [-0.05, 0) is 50.5 Å². The van der Waals surface area contributed by atoms with Crippen LogP contribution in [0.15, 0.2) is 36.7 Å². The molecule has 168 valence electrons. The highest BCUT2D eigenvalue weighted by molar-refractivity contribution is 6.34. The van der Waals surface area contributed by atoms with Gasteiger partial charge in [0.25, 0.3) is 5.91 Å². The van der Waals surface area contributed by atoms with Gasteiger partial charge in [-0.2, -0.15) is 5.10 Å². The van der Waals surface area contributed by atoms with Crippen LogP contribution in [-0.2, 0) is 4.79 Å². The van der Waals surface area contributed by atoms with Gasteiger partial charge in [-0.15, -0.1) is 0 Å². The quantitative estimate of drug-likeness (QED) is 0.620. The Bertz CT molecular complexity index is 1170. The zero-order valence-electron chi connectivity index (χ0n) is 17.9. The van der Waals surface area contributed by atoms with Gasteiger partial charge >= 0.3 is 0 Å². The summed E-state index contributed by atoms with van der Waals surface area (Å²) in [7, 11) is 0. The first kappa shape index (κ1) is 22.2. The number of nitrogens with zero attached hydrogens (tertiary/aromatic N) is 4. The second-order valence-electron chi connectivity index (χ2n) is 8.39. The maximum absolute atomic E-state index is 13.1. The van der Waals surface area contributed by atoms with E-state index in [-0.39, 0.29) is 17.1 Å². The van der Waals surface area contributed by atoms with Gasteiger partial charge in [0.1, 0.15) is 11.4 Å². The summed E-state index contributed by atoms with van der Waals surface area (Å²) in [4.78, 5) is 29.4. The minimum Gasteiger partial charge on any atom is -0.365 e. The molecule has 32 heavy (non-hydrogen) atoms. The Morgan fingerprint density at radius 1 is 1.19 bits per heavy atom. The lowest BCUT2D eigenvalue weighted by molar-refractivity contribution is -0.127. The molecule has 0 bridgehead atoms. The molecule has 2 N–H and O–H groups in total. The highest BCUT2D eigenvalue weighted by atomic mass is 35.5. The van der Waals surface area contributed by atoms with Crippen molar-refractivity contribution in [2.45, 2.75) is 45.4 Å². The van der Waals surface area contributed by atoms with Crippen molar-refractivity contribution in [1.82, 2.24) is 14.6 Å². The van der Waals surface area contributed by atoms with Crippen LogP contribution in [0.3, 0.4) is 0 Å². The number of aromatic nitrogens is 3. The minimum atomic E-state index is -0.506. The number of carbonyl (C=O) groups excluding carboxylic acids is 2. The van der Waals surface area contributed by atoms with Crippen LogP contribution in [0.4, 0.5) is 10.1 Å². The van der Waals surface area contributed by atoms with Crippen molar-refractivity contribution < 1.29 is 14.0 Å². The van der Waals surface area contributed by atoms with E-state index in [0.717, 1.165) is 37.8 Å². The minimum absolute atomic E-state index is 0.171. The Balaban J connectivity index is 0.000000165. The third-order valence-electron chi connectivity index (χ3n) is 6.38. The Hall–Kier alpha value is -3.00. The normalized spacial score (nSPS) is 17.5. The monoisotopic (exact) mass is 457 g/mol. The van der Waals surface area contributed by atoms with E-state index < -0.39 is 5.91 Å². The summed E-state index contributed by atoms with van der Waals surface area (Å²) in [6, 6.07) is 6.05. The smallest absolute Gasteiger partial charge is 0.254 e. The molecule has 2 aliphatic rings. The highest BCUT2D eigenvalue weighted by Crippen LogP contribution is 2.46. The summed E-state index contributed by atoms with van der Waals surface area (Å²) in [6.07, 6.45) is 9.43. The van der Waals surface area contributed by atoms with Crippen LogP contribution in [0.5, 0.6) is 0 Å². The number of anilines is 1. The van der Waals surface area contributed by atoms with Crippen LogP contribution in [0.1, 0.15) is 54.6 Å². The van der Waals surface area contributed by atoms with Crippen molar-refractivity contribution >= 4 is 34.7 Å². The zero-order chi connectivity index (χ0) is 22.9. The number of hydrogen-bond acceptors (Lipinski definition) is 4. The highest BCUT2D eigenvalue weighted by Gasteiger charge is 2.47. The standard InChI is InChI=1S/C15H17ClFNO.C8H8N4O/c16-12-10-11(17)4-5-13(12)18-9-8-15(14(18)19)6-2-1-3-7-15;1-5-2-3-10-8-6(7(9)13)4-11-12(5)8/h4-5,10H,1-3,6-9H2;2-4H,1H3,(H2,9,13). The fourth-order valence-electron chi connectivity index (χ4n) is 4.63. The van der Waals surface area contributed by atoms with Gasteiger partial charge in [0.05, 0.1) is 22.3 Å². The van der Waals surface area contributed by atoms with Crippen molar-refractivity contribution in [3.05, 3.63) is 58.8 Å². The molecular formula is C23H25ClFN5O2. The van der Waals surface area contributed by atoms with E-state index in [1.54, 1.807) is 21.7 Å². The third-order valence-corrected chi connectivity index (χ3v) is 6.68. The number of aryl methyl sites for hydroxylation is 1. The largest absolute Gasteiger partial charge is 0.365 e. The second kappa shape index (κ2) is 8.86. The summed E-state index contributed by atoms with van der Waals surface area (Å²) in [5.74, 6) is -0.693. The third kappa shape index (κ3) is 4.07. The average molecular weight is 458 g/mol. The Morgan fingerprint density at radius 2 is 1.94 bits per heavy atom. The molecule has 1 saturated heterocycles. The second-order valence-corrected chi connectivity index (χ2v) is 8.79. The van der Waals surface area contributed by atoms with E-state index in [9.17, 15) is 14.0 Å². The number of primary amides is 1. The SMILES string of the molecule is Cc1ccnc2c(C(N)=O)cnn12.O=C1N(c2ccc(F)cc2Cl)CCC12CCCCC2. The van der Waals surface area contributed by atoms with E-state index in [0.29, 0.717) is 28.5 Å². The van der Waals surface area contributed by atoms with Crippen LogP contribution >= 0.6 is 11.6 Å². The summed E-state index contributed by atoms with van der Waals surface area (Å²) in [5.41, 5.74) is 7.39. The van der Waals surface area contributed by atoms with Crippen LogP contribution < -0.4 is 10.6 Å². The maximum Gasteiger partial charge on any atom is 0.254 e. The summed E-state index contributed by atoms with van der Waals surface area (Å²) in [5, 5.41) is 4.31. The molecule has 3 aromatic rings. The number of nitrogens with two attached hydrogens (primary N) is 1. The molecule has 9 heteroatoms. The van der Waals surface area contributed by atoms with E-state index in [4.69, 9.17) is 17.3 Å². The summed E-state index contributed by atoms with van der Waals surface area (Å²) >= 11 is 6.07. The van der Waals surface area contributed by atoms with Crippen molar-refractivity contribution in [1.29, 1.82) is 0 Å². The Morgan fingerprint density at radius 3 is 2.62 bits per heavy atom. The first-order chi connectivity index (χ1) is 15.3. The average Bonchev–Trinajstić information content (AvgIpc) is 3.33. The fraction of sp³-hybridized carbons (Fsp3) is 0.391. The number of benzene rings is 1. The molecule has 1 aliphatic heterocycles. The zero-order valence-corrected chi connectivity index (χ0v) is 18.6. The van der Waals surface area contributed by atoms with Crippen LogP contribution in [-0.4, -0.2) is 33.0 Å². The molecule has 2 aromatic heterocycles. The molecule has 2 fully saturated rings. The van der Waals surface area contributed by atoms with Crippen molar-refractivity contribution in [2.75, 3.05) is 11.4 Å². The fourth-order valence-corrected chi connectivity index (χ4v) is 4.90. The van der Waals surface area contributed by atoms with E-state index in [1.807, 2.05) is 13.0 Å². The lowest BCUT2D eigenvalue weighted by atomic mass is 9.73. The number of rotatable bonds is 2. The molecule has 5 rings (SSSR count). The number of carbonyl (C=O) groups is 2. The van der Waals surface area contributed by atoms with E-state index >= 15 is 0 Å². The topological polar surface area (TPSA) is 93.6 Å². The number of halogens is 2. The molecule has 0 unspecified atom stereocenters. The van der Waals surface area contributed by atoms with Gasteiger partial charge in [-0.3, -0.25) is 9.59 Å². The molecule has 3 heterocycles. The maximum atomic E-state index is 13.1. The molecule has 1 aromatic carbocycles. The van der Waals surface area contributed by atoms with E-state index in [1.165, 1.54) is 24.8 Å². The first-order valence-corrected chi connectivity index (χ1v) is 11.1. The molecule has 1 aliphatic carbocycles. The molecule has 0 atom stereocenters. The number of hydrogen-bond donors (Lipinski definition) is 1. The molecule has 1 saturated carbocycles. The summed E-state index contributed by atoms with van der Waals surface area (Å²) < 4.78 is 14.7. The predicted octanol–water partition coefficient (Wildman–Crippen LogP) is 4.30.